The van der Waals surface area contributed by atoms with Gasteiger partial charge in [-0.1, -0.05) is 6.58 Å². The first kappa shape index (κ1) is 23.0. The molecule has 32 heavy (non-hydrogen) atoms. The molecule has 12 heteroatoms. The summed E-state index contributed by atoms with van der Waals surface area (Å²) in [5.41, 5.74) is 0.116. The minimum Gasteiger partial charge on any atom is -0.454 e. The third-order valence-corrected chi connectivity index (χ3v) is 6.09. The largest absolute Gasteiger partial charge is 0.454 e. The Morgan fingerprint density at radius 3 is 2.41 bits per heavy atom. The number of halogens is 3. The van der Waals surface area contributed by atoms with E-state index in [1.807, 2.05) is 0 Å². The molecule has 3 saturated heterocycles. The van der Waals surface area contributed by atoms with Crippen molar-refractivity contribution in [3.63, 3.8) is 0 Å². The number of carbonyl (C=O) groups is 3. The number of hydrogen-bond donors (Lipinski definition) is 0. The molecule has 3 heterocycles. The van der Waals surface area contributed by atoms with Gasteiger partial charge in [-0.2, -0.15) is 13.2 Å². The van der Waals surface area contributed by atoms with Gasteiger partial charge in [0.2, 0.25) is 6.10 Å². The molecule has 1 saturated carbocycles. The number of fused-ring (bicyclic) bond motifs is 3. The Morgan fingerprint density at radius 1 is 1.16 bits per heavy atom. The first-order chi connectivity index (χ1) is 14.9. The van der Waals surface area contributed by atoms with Gasteiger partial charge in [-0.3, -0.25) is 4.79 Å². The molecular weight excluding hydrogens is 441 g/mol. The minimum atomic E-state index is -4.62. The van der Waals surface area contributed by atoms with E-state index in [1.54, 1.807) is 0 Å². The summed E-state index contributed by atoms with van der Waals surface area (Å²) in [6, 6.07) is 0. The van der Waals surface area contributed by atoms with Gasteiger partial charge >= 0.3 is 24.1 Å². The third kappa shape index (κ3) is 4.11. The zero-order valence-corrected chi connectivity index (χ0v) is 17.4. The van der Waals surface area contributed by atoms with Gasteiger partial charge in [-0.05, 0) is 26.7 Å². The van der Waals surface area contributed by atoms with Crippen LogP contribution in [0.15, 0.2) is 12.2 Å². The topological polar surface area (TPSA) is 107 Å². The molecule has 9 nitrogen and oxygen atoms in total. The standard InChI is InChI=1S/C20H23F3O9/c1-8(2)15(24)29-13-11-12(28-17(13)26)14-18(30-11)32-19(31-14)6-4-10(5-7-19)16(25)27-9(3)20(21,22)23/h9-14,18H,1,4-7H2,2-3H3/t9?,10?,11-,12-,13-,14+,18+,19?/m0/s1. The summed E-state index contributed by atoms with van der Waals surface area (Å²) in [6.07, 6.45) is -10.6. The summed E-state index contributed by atoms with van der Waals surface area (Å²) in [7, 11) is 0. The predicted octanol–water partition coefficient (Wildman–Crippen LogP) is 1.92. The lowest BCUT2D eigenvalue weighted by Crippen LogP contribution is -2.43. The summed E-state index contributed by atoms with van der Waals surface area (Å²) < 4.78 is 70.5. The van der Waals surface area contributed by atoms with Crippen LogP contribution in [-0.2, 0) is 42.8 Å². The van der Waals surface area contributed by atoms with E-state index >= 15 is 0 Å². The van der Waals surface area contributed by atoms with Crippen LogP contribution in [0.3, 0.4) is 0 Å². The highest BCUT2D eigenvalue weighted by atomic mass is 19.4. The molecule has 178 valence electrons. The van der Waals surface area contributed by atoms with Gasteiger partial charge in [0.05, 0.1) is 5.92 Å². The van der Waals surface area contributed by atoms with Crippen molar-refractivity contribution >= 4 is 17.9 Å². The number of esters is 3. The lowest BCUT2D eigenvalue weighted by Gasteiger charge is -2.36. The number of alkyl halides is 3. The van der Waals surface area contributed by atoms with E-state index in [2.05, 4.69) is 11.3 Å². The Hall–Kier alpha value is -2.18. The highest BCUT2D eigenvalue weighted by Crippen LogP contribution is 2.49. The molecule has 6 atom stereocenters. The van der Waals surface area contributed by atoms with Crippen LogP contribution in [0.1, 0.15) is 39.5 Å². The van der Waals surface area contributed by atoms with Crippen LogP contribution in [0.4, 0.5) is 13.2 Å². The van der Waals surface area contributed by atoms with Crippen LogP contribution in [0, 0.1) is 5.92 Å². The highest BCUT2D eigenvalue weighted by molar-refractivity contribution is 5.90. The second kappa shape index (κ2) is 7.99. The van der Waals surface area contributed by atoms with Gasteiger partial charge in [-0.15, -0.1) is 0 Å². The average Bonchev–Trinajstić information content (AvgIpc) is 3.30. The van der Waals surface area contributed by atoms with Crippen molar-refractivity contribution in [3.8, 4) is 0 Å². The SMILES string of the molecule is C=C(C)C(=O)O[C@@H]1C(=O)O[C@@H]2[C@H]3OC4(CCC(C(=O)OC(C)C(F)(F)F)CC4)O[C@H]3O[C@@H]21. The quantitative estimate of drug-likeness (QED) is 0.350. The molecule has 1 spiro atoms. The predicted molar refractivity (Wildman–Crippen MR) is 95.5 cm³/mol. The Bertz CT molecular complexity index is 818. The zero-order chi connectivity index (χ0) is 23.4. The maximum absolute atomic E-state index is 12.6. The summed E-state index contributed by atoms with van der Waals surface area (Å²) in [4.78, 5) is 36.0. The molecule has 0 radical (unpaired) electrons. The van der Waals surface area contributed by atoms with E-state index in [1.165, 1.54) is 6.92 Å². The average molecular weight is 464 g/mol. The maximum atomic E-state index is 12.6. The Labute approximate surface area is 181 Å². The van der Waals surface area contributed by atoms with E-state index in [0.29, 0.717) is 0 Å². The normalized spacial score (nSPS) is 39.2. The molecule has 0 bridgehead atoms. The van der Waals surface area contributed by atoms with Gasteiger partial charge in [0, 0.05) is 18.4 Å². The van der Waals surface area contributed by atoms with Crippen molar-refractivity contribution in [2.24, 2.45) is 5.92 Å². The van der Waals surface area contributed by atoms with Gasteiger partial charge in [-0.25, -0.2) is 9.59 Å². The number of hydrogen-bond acceptors (Lipinski definition) is 9. The van der Waals surface area contributed by atoms with Gasteiger partial charge in [0.25, 0.3) is 0 Å². The van der Waals surface area contributed by atoms with Gasteiger partial charge in [0.1, 0.15) is 6.10 Å². The van der Waals surface area contributed by atoms with Crippen LogP contribution in [0.25, 0.3) is 0 Å². The molecule has 0 aromatic heterocycles. The molecule has 3 aliphatic heterocycles. The molecular formula is C20H23F3O9. The zero-order valence-electron chi connectivity index (χ0n) is 17.4. The van der Waals surface area contributed by atoms with Crippen molar-refractivity contribution in [1.82, 2.24) is 0 Å². The summed E-state index contributed by atoms with van der Waals surface area (Å²) in [5, 5.41) is 0. The van der Waals surface area contributed by atoms with E-state index < -0.39 is 72.6 Å². The van der Waals surface area contributed by atoms with Crippen LogP contribution in [0.5, 0.6) is 0 Å². The second-order valence-electron chi connectivity index (χ2n) is 8.48. The molecule has 0 amide bonds. The Morgan fingerprint density at radius 2 is 1.81 bits per heavy atom. The number of carbonyl (C=O) groups excluding carboxylic acids is 3. The first-order valence-corrected chi connectivity index (χ1v) is 10.3. The van der Waals surface area contributed by atoms with Gasteiger partial charge < -0.3 is 28.4 Å². The lowest BCUT2D eigenvalue weighted by molar-refractivity contribution is -0.251. The van der Waals surface area contributed by atoms with Crippen LogP contribution in [0.2, 0.25) is 0 Å². The number of ether oxygens (including phenoxy) is 6. The summed E-state index contributed by atoms with van der Waals surface area (Å²) >= 11 is 0. The fraction of sp³-hybridized carbons (Fsp3) is 0.750. The van der Waals surface area contributed by atoms with Crippen molar-refractivity contribution in [2.45, 2.75) is 88.3 Å². The fourth-order valence-electron chi connectivity index (χ4n) is 4.27. The molecule has 1 aliphatic carbocycles. The van der Waals surface area contributed by atoms with Crippen molar-refractivity contribution in [3.05, 3.63) is 12.2 Å². The molecule has 1 unspecified atom stereocenters. The van der Waals surface area contributed by atoms with Crippen LogP contribution >= 0.6 is 0 Å². The van der Waals surface area contributed by atoms with E-state index in [-0.39, 0.29) is 31.3 Å². The third-order valence-electron chi connectivity index (χ3n) is 6.09. The molecule has 4 rings (SSSR count). The summed E-state index contributed by atoms with van der Waals surface area (Å²) in [5.74, 6) is -4.24. The maximum Gasteiger partial charge on any atom is 0.425 e. The van der Waals surface area contributed by atoms with Crippen LogP contribution in [-0.4, -0.2) is 66.7 Å². The highest BCUT2D eigenvalue weighted by Gasteiger charge is 2.66. The molecule has 4 fully saturated rings. The summed E-state index contributed by atoms with van der Waals surface area (Å²) in [6.45, 7) is 5.69. The molecule has 4 aliphatic rings. The lowest BCUT2D eigenvalue weighted by atomic mass is 9.85. The van der Waals surface area contributed by atoms with E-state index in [4.69, 9.17) is 23.7 Å². The smallest absolute Gasteiger partial charge is 0.425 e. The molecule has 0 aromatic carbocycles. The Kier molecular flexibility index (Phi) is 5.74. The van der Waals surface area contributed by atoms with Gasteiger partial charge in [0.15, 0.2) is 30.4 Å². The minimum absolute atomic E-state index is 0.116. The van der Waals surface area contributed by atoms with Crippen molar-refractivity contribution < 1.29 is 56.0 Å². The number of rotatable bonds is 4. The fourth-order valence-corrected chi connectivity index (χ4v) is 4.27. The Balaban J connectivity index is 1.33. The van der Waals surface area contributed by atoms with E-state index in [0.717, 1.165) is 6.92 Å². The van der Waals surface area contributed by atoms with Crippen molar-refractivity contribution in [1.29, 1.82) is 0 Å². The van der Waals surface area contributed by atoms with Crippen molar-refractivity contribution in [2.75, 3.05) is 0 Å². The monoisotopic (exact) mass is 464 g/mol. The second-order valence-corrected chi connectivity index (χ2v) is 8.48. The van der Waals surface area contributed by atoms with Crippen LogP contribution < -0.4 is 0 Å². The molecule has 0 N–H and O–H groups in total. The molecule has 0 aromatic rings. The first-order valence-electron chi connectivity index (χ1n) is 10.3. The van der Waals surface area contributed by atoms with E-state index in [9.17, 15) is 27.6 Å².